The van der Waals surface area contributed by atoms with Crippen LogP contribution in [0.2, 0.25) is 0 Å². The topological polar surface area (TPSA) is 53.5 Å². The van der Waals surface area contributed by atoms with Gasteiger partial charge in [0.15, 0.2) is 0 Å². The fourth-order valence-electron chi connectivity index (χ4n) is 3.69. The van der Waals surface area contributed by atoms with Crippen LogP contribution >= 0.6 is 0 Å². The average Bonchev–Trinajstić information content (AvgIpc) is 2.79. The van der Waals surface area contributed by atoms with Crippen LogP contribution in [-0.4, -0.2) is 18.3 Å². The predicted molar refractivity (Wildman–Crippen MR) is 118 cm³/mol. The van der Waals surface area contributed by atoms with Crippen LogP contribution in [0.4, 0.5) is 5.69 Å². The molecule has 1 amide bonds. The molecule has 1 heterocycles. The Hall–Kier alpha value is -3.40. The first-order chi connectivity index (χ1) is 14.3. The second-order valence-corrected chi connectivity index (χ2v) is 7.22. The number of amidine groups is 1. The van der Waals surface area contributed by atoms with Gasteiger partial charge in [-0.3, -0.25) is 9.79 Å². The molecule has 0 spiro atoms. The van der Waals surface area contributed by atoms with Crippen LogP contribution in [0, 0.1) is 5.92 Å². The second kappa shape index (κ2) is 9.20. The van der Waals surface area contributed by atoms with E-state index < -0.39 is 0 Å². The van der Waals surface area contributed by atoms with Gasteiger partial charge in [-0.05, 0) is 36.1 Å². The molecule has 1 aliphatic rings. The summed E-state index contributed by atoms with van der Waals surface area (Å²) in [7, 11) is 0. The summed E-state index contributed by atoms with van der Waals surface area (Å²) in [6.07, 6.45) is 1.71. The summed E-state index contributed by atoms with van der Waals surface area (Å²) in [6, 6.07) is 30.1. The van der Waals surface area contributed by atoms with Gasteiger partial charge in [-0.15, -0.1) is 0 Å². The Labute approximate surface area is 171 Å². The minimum Gasteiger partial charge on any atom is -0.362 e. The Morgan fingerprint density at radius 2 is 1.38 bits per heavy atom. The highest BCUT2D eigenvalue weighted by molar-refractivity contribution is 6.08. The molecule has 146 valence electrons. The lowest BCUT2D eigenvalue weighted by molar-refractivity contribution is -0.118. The monoisotopic (exact) mass is 383 g/mol. The molecule has 1 aliphatic heterocycles. The first-order valence-corrected chi connectivity index (χ1v) is 10.1. The zero-order valence-electron chi connectivity index (χ0n) is 16.3. The number of rotatable bonds is 5. The SMILES string of the molecule is O=C(Nc1ccccc1)C1CCCN=C1NC(c1ccccc1)c1ccccc1. The summed E-state index contributed by atoms with van der Waals surface area (Å²) in [5, 5.41) is 6.63. The Morgan fingerprint density at radius 1 is 0.828 bits per heavy atom. The largest absolute Gasteiger partial charge is 0.362 e. The molecule has 0 aliphatic carbocycles. The van der Waals surface area contributed by atoms with Gasteiger partial charge in [0.1, 0.15) is 5.84 Å². The molecular formula is C25H25N3O. The number of hydrogen-bond donors (Lipinski definition) is 2. The molecule has 0 saturated heterocycles. The van der Waals surface area contributed by atoms with E-state index in [2.05, 4.69) is 34.9 Å². The Kier molecular flexibility index (Phi) is 6.01. The number of aliphatic imine (C=N–C) groups is 1. The van der Waals surface area contributed by atoms with E-state index >= 15 is 0 Å². The number of para-hydroxylation sites is 1. The molecule has 0 aromatic heterocycles. The van der Waals surface area contributed by atoms with Crippen molar-refractivity contribution in [1.82, 2.24) is 5.32 Å². The van der Waals surface area contributed by atoms with Crippen LogP contribution in [0.15, 0.2) is 96.0 Å². The van der Waals surface area contributed by atoms with E-state index in [0.717, 1.165) is 42.0 Å². The number of carbonyl (C=O) groups is 1. The minimum absolute atomic E-state index is 0.0120. The van der Waals surface area contributed by atoms with Crippen LogP contribution in [-0.2, 0) is 4.79 Å². The Balaban J connectivity index is 1.58. The molecule has 29 heavy (non-hydrogen) atoms. The highest BCUT2D eigenvalue weighted by Gasteiger charge is 2.29. The maximum absolute atomic E-state index is 13.0. The fourth-order valence-corrected chi connectivity index (χ4v) is 3.69. The lowest BCUT2D eigenvalue weighted by atomic mass is 9.94. The van der Waals surface area contributed by atoms with E-state index in [1.54, 1.807) is 0 Å². The lowest BCUT2D eigenvalue weighted by Crippen LogP contribution is -2.42. The van der Waals surface area contributed by atoms with Crippen molar-refractivity contribution in [3.8, 4) is 0 Å². The third-order valence-corrected chi connectivity index (χ3v) is 5.18. The molecule has 2 N–H and O–H groups in total. The number of hydrogen-bond acceptors (Lipinski definition) is 3. The van der Waals surface area contributed by atoms with Gasteiger partial charge in [-0.2, -0.15) is 0 Å². The van der Waals surface area contributed by atoms with E-state index in [1.807, 2.05) is 66.7 Å². The van der Waals surface area contributed by atoms with Crippen LogP contribution in [0.5, 0.6) is 0 Å². The molecule has 3 aromatic rings. The summed E-state index contributed by atoms with van der Waals surface area (Å²) in [5.74, 6) is 0.475. The van der Waals surface area contributed by atoms with Crippen LogP contribution in [0.3, 0.4) is 0 Å². The highest BCUT2D eigenvalue weighted by Crippen LogP contribution is 2.25. The minimum atomic E-state index is -0.279. The maximum atomic E-state index is 13.0. The molecule has 3 aromatic carbocycles. The van der Waals surface area contributed by atoms with Crippen LogP contribution in [0.25, 0.3) is 0 Å². The van der Waals surface area contributed by atoms with Gasteiger partial charge < -0.3 is 10.6 Å². The number of carbonyl (C=O) groups excluding carboxylic acids is 1. The Morgan fingerprint density at radius 3 is 1.97 bits per heavy atom. The van der Waals surface area contributed by atoms with Crippen molar-refractivity contribution in [2.75, 3.05) is 11.9 Å². The molecular weight excluding hydrogens is 358 g/mol. The molecule has 0 radical (unpaired) electrons. The van der Waals surface area contributed by atoms with Crippen molar-refractivity contribution in [3.63, 3.8) is 0 Å². The van der Waals surface area contributed by atoms with Crippen molar-refractivity contribution in [3.05, 3.63) is 102 Å². The maximum Gasteiger partial charge on any atom is 0.235 e. The quantitative estimate of drug-likeness (QED) is 0.664. The molecule has 4 rings (SSSR count). The molecule has 1 atom stereocenters. The van der Waals surface area contributed by atoms with Crippen molar-refractivity contribution in [1.29, 1.82) is 0 Å². The number of nitrogens with one attached hydrogen (secondary N) is 2. The molecule has 0 saturated carbocycles. The molecule has 1 unspecified atom stereocenters. The summed E-state index contributed by atoms with van der Waals surface area (Å²) in [6.45, 7) is 0.744. The van der Waals surface area contributed by atoms with E-state index in [0.29, 0.717) is 0 Å². The highest BCUT2D eigenvalue weighted by atomic mass is 16.1. The number of amides is 1. The van der Waals surface area contributed by atoms with Crippen molar-refractivity contribution in [2.24, 2.45) is 10.9 Å². The smallest absolute Gasteiger partial charge is 0.235 e. The van der Waals surface area contributed by atoms with Crippen molar-refractivity contribution in [2.45, 2.75) is 18.9 Å². The van der Waals surface area contributed by atoms with E-state index in [-0.39, 0.29) is 17.9 Å². The number of nitrogens with zero attached hydrogens (tertiary/aromatic N) is 1. The van der Waals surface area contributed by atoms with Gasteiger partial charge >= 0.3 is 0 Å². The Bertz CT molecular complexity index is 916. The lowest BCUT2D eigenvalue weighted by Gasteiger charge is -2.28. The number of anilines is 1. The van der Waals surface area contributed by atoms with Crippen LogP contribution in [0.1, 0.15) is 30.0 Å². The molecule has 4 heteroatoms. The van der Waals surface area contributed by atoms with Gasteiger partial charge in [0.2, 0.25) is 5.91 Å². The van der Waals surface area contributed by atoms with E-state index in [4.69, 9.17) is 4.99 Å². The third kappa shape index (κ3) is 4.72. The third-order valence-electron chi connectivity index (χ3n) is 5.18. The zero-order chi connectivity index (χ0) is 19.9. The summed E-state index contributed by atoms with van der Waals surface area (Å²) >= 11 is 0. The first kappa shape index (κ1) is 18.9. The average molecular weight is 383 g/mol. The van der Waals surface area contributed by atoms with Gasteiger partial charge in [0.25, 0.3) is 0 Å². The van der Waals surface area contributed by atoms with E-state index in [1.165, 1.54) is 0 Å². The number of benzene rings is 3. The molecule has 4 nitrogen and oxygen atoms in total. The van der Waals surface area contributed by atoms with Crippen molar-refractivity contribution < 1.29 is 4.79 Å². The molecule has 0 bridgehead atoms. The second-order valence-electron chi connectivity index (χ2n) is 7.22. The summed E-state index contributed by atoms with van der Waals surface area (Å²) in [5.41, 5.74) is 3.11. The van der Waals surface area contributed by atoms with Gasteiger partial charge in [-0.25, -0.2) is 0 Å². The van der Waals surface area contributed by atoms with Crippen molar-refractivity contribution >= 4 is 17.4 Å². The van der Waals surface area contributed by atoms with E-state index in [9.17, 15) is 4.79 Å². The predicted octanol–water partition coefficient (Wildman–Crippen LogP) is 4.81. The standard InChI is InChI=1S/C25H25N3O/c29-25(27-21-15-8-3-9-16-21)22-17-10-18-26-24(22)28-23(19-11-4-1-5-12-19)20-13-6-2-7-14-20/h1-9,11-16,22-23H,10,17-18H2,(H,26,28)(H,27,29). The fraction of sp³-hybridized carbons (Fsp3) is 0.200. The van der Waals surface area contributed by atoms with Gasteiger partial charge in [0.05, 0.1) is 12.0 Å². The van der Waals surface area contributed by atoms with Crippen LogP contribution < -0.4 is 10.6 Å². The van der Waals surface area contributed by atoms with Gasteiger partial charge in [-0.1, -0.05) is 78.9 Å². The zero-order valence-corrected chi connectivity index (χ0v) is 16.3. The van der Waals surface area contributed by atoms with Gasteiger partial charge in [0, 0.05) is 12.2 Å². The summed E-state index contributed by atoms with van der Waals surface area (Å²) < 4.78 is 0. The molecule has 0 fully saturated rings. The normalized spacial score (nSPS) is 16.2. The first-order valence-electron chi connectivity index (χ1n) is 10.1. The summed E-state index contributed by atoms with van der Waals surface area (Å²) in [4.78, 5) is 17.7.